The number of hydrogen-bond acceptors (Lipinski definition) is 3. The topological polar surface area (TPSA) is 56.3 Å². The van der Waals surface area contributed by atoms with Crippen LogP contribution in [0.15, 0.2) is 46.9 Å². The predicted octanol–water partition coefficient (Wildman–Crippen LogP) is 3.74. The van der Waals surface area contributed by atoms with E-state index in [9.17, 15) is 9.90 Å². The summed E-state index contributed by atoms with van der Waals surface area (Å²) >= 11 is 0. The molecule has 4 nitrogen and oxygen atoms in total. The summed E-state index contributed by atoms with van der Waals surface area (Å²) in [6.45, 7) is 9.02. The van der Waals surface area contributed by atoms with Crippen molar-refractivity contribution in [2.45, 2.75) is 52.2 Å². The third-order valence-corrected chi connectivity index (χ3v) is 5.32. The number of nitrogens with one attached hydrogen (secondary N) is 1. The molecule has 0 spiro atoms. The van der Waals surface area contributed by atoms with E-state index in [1.165, 1.54) is 11.1 Å². The fraction of sp³-hybridized carbons (Fsp3) is 0.435. The first-order valence-corrected chi connectivity index (χ1v) is 9.70. The van der Waals surface area contributed by atoms with Crippen molar-refractivity contribution in [2.24, 2.45) is 0 Å². The normalized spacial score (nSPS) is 15.8. The van der Waals surface area contributed by atoms with Gasteiger partial charge in [-0.3, -0.25) is 9.69 Å². The average Bonchev–Trinajstić information content (AvgIpc) is 2.65. The molecule has 0 bridgehead atoms. The fourth-order valence-electron chi connectivity index (χ4n) is 3.60. The van der Waals surface area contributed by atoms with Gasteiger partial charge in [0.25, 0.3) is 5.56 Å². The molecule has 1 aromatic carbocycles. The molecule has 1 aliphatic heterocycles. The fourth-order valence-corrected chi connectivity index (χ4v) is 3.60. The van der Waals surface area contributed by atoms with Crippen LogP contribution >= 0.6 is 0 Å². The maximum atomic E-state index is 12.0. The Morgan fingerprint density at radius 3 is 2.37 bits per heavy atom. The van der Waals surface area contributed by atoms with Gasteiger partial charge in [0, 0.05) is 36.8 Å². The summed E-state index contributed by atoms with van der Waals surface area (Å²) in [6, 6.07) is 10.2. The van der Waals surface area contributed by atoms with E-state index in [2.05, 4.69) is 61.0 Å². The average molecular weight is 367 g/mol. The van der Waals surface area contributed by atoms with Crippen LogP contribution in [0.25, 0.3) is 6.08 Å². The summed E-state index contributed by atoms with van der Waals surface area (Å²) < 4.78 is 0. The number of benzene rings is 1. The molecule has 2 heterocycles. The summed E-state index contributed by atoms with van der Waals surface area (Å²) in [4.78, 5) is 17.2. The second-order valence-electron chi connectivity index (χ2n) is 8.40. The van der Waals surface area contributed by atoms with Gasteiger partial charge in [-0.1, -0.05) is 35.9 Å². The van der Waals surface area contributed by atoms with Gasteiger partial charge in [0.1, 0.15) is 0 Å². The number of aliphatic hydroxyl groups is 1. The molecule has 4 heteroatoms. The van der Waals surface area contributed by atoms with Crippen molar-refractivity contribution in [2.75, 3.05) is 13.1 Å². The van der Waals surface area contributed by atoms with Crippen LogP contribution in [0.2, 0.25) is 0 Å². The van der Waals surface area contributed by atoms with Gasteiger partial charge in [-0.25, -0.2) is 0 Å². The van der Waals surface area contributed by atoms with E-state index in [1.807, 2.05) is 0 Å². The molecule has 1 fully saturated rings. The zero-order valence-corrected chi connectivity index (χ0v) is 16.6. The Morgan fingerprint density at radius 1 is 1.11 bits per heavy atom. The van der Waals surface area contributed by atoms with Crippen molar-refractivity contribution in [1.29, 1.82) is 0 Å². The zero-order valence-electron chi connectivity index (χ0n) is 16.6. The van der Waals surface area contributed by atoms with E-state index in [4.69, 9.17) is 0 Å². The minimum atomic E-state index is -0.0935. The van der Waals surface area contributed by atoms with Crippen molar-refractivity contribution in [3.05, 3.63) is 74.7 Å². The van der Waals surface area contributed by atoms with E-state index in [0.29, 0.717) is 12.0 Å². The summed E-state index contributed by atoms with van der Waals surface area (Å²) in [5.41, 5.74) is 5.39. The highest BCUT2D eigenvalue weighted by atomic mass is 16.3. The standard InChI is InChI=1S/C23H30N2O2/c1-23(2,3)25-10-8-19(9-11-25)12-17-4-6-18(7-5-17)13-21-14-20(16-26)15-24-22(21)27/h4-7,12,14-15,26H,8-11,13,16H2,1-3H3,(H,24,27). The molecule has 3 rings (SSSR count). The zero-order chi connectivity index (χ0) is 19.4. The third kappa shape index (κ3) is 5.18. The van der Waals surface area contributed by atoms with Gasteiger partial charge in [0.2, 0.25) is 0 Å². The van der Waals surface area contributed by atoms with Gasteiger partial charge in [-0.2, -0.15) is 0 Å². The van der Waals surface area contributed by atoms with Crippen molar-refractivity contribution in [1.82, 2.24) is 9.88 Å². The first kappa shape index (κ1) is 19.6. The van der Waals surface area contributed by atoms with Crippen LogP contribution in [-0.4, -0.2) is 33.6 Å². The van der Waals surface area contributed by atoms with Crippen LogP contribution in [0, 0.1) is 0 Å². The SMILES string of the molecule is CC(C)(C)N1CCC(=Cc2ccc(Cc3cc(CO)c[nH]c3=O)cc2)CC1. The van der Waals surface area contributed by atoms with Gasteiger partial charge < -0.3 is 10.1 Å². The Labute approximate surface area is 161 Å². The highest BCUT2D eigenvalue weighted by Gasteiger charge is 2.24. The Bertz CT molecular complexity index is 847. The van der Waals surface area contributed by atoms with E-state index in [1.54, 1.807) is 12.3 Å². The van der Waals surface area contributed by atoms with Crippen LogP contribution in [0.1, 0.15) is 55.9 Å². The Hall–Kier alpha value is -2.17. The quantitative estimate of drug-likeness (QED) is 0.867. The number of aliphatic hydroxyl groups excluding tert-OH is 1. The Morgan fingerprint density at radius 2 is 1.78 bits per heavy atom. The monoisotopic (exact) mass is 366 g/mol. The van der Waals surface area contributed by atoms with Gasteiger partial charge in [0.05, 0.1) is 6.61 Å². The number of pyridine rings is 1. The minimum absolute atomic E-state index is 0.0665. The lowest BCUT2D eigenvalue weighted by Crippen LogP contribution is -2.44. The largest absolute Gasteiger partial charge is 0.392 e. The number of nitrogens with zero attached hydrogens (tertiary/aromatic N) is 1. The molecule has 144 valence electrons. The lowest BCUT2D eigenvalue weighted by atomic mass is 9.96. The molecule has 2 N–H and O–H groups in total. The number of rotatable bonds is 4. The number of aromatic nitrogens is 1. The molecule has 0 amide bonds. The Kier molecular flexibility index (Phi) is 5.98. The van der Waals surface area contributed by atoms with Crippen molar-refractivity contribution >= 4 is 6.08 Å². The minimum Gasteiger partial charge on any atom is -0.392 e. The smallest absolute Gasteiger partial charge is 0.251 e. The highest BCUT2D eigenvalue weighted by molar-refractivity contribution is 5.53. The van der Waals surface area contributed by atoms with E-state index in [-0.39, 0.29) is 17.7 Å². The predicted molar refractivity (Wildman–Crippen MR) is 111 cm³/mol. The molecule has 0 saturated carbocycles. The lowest BCUT2D eigenvalue weighted by Gasteiger charge is -2.39. The number of hydrogen-bond donors (Lipinski definition) is 2. The Balaban J connectivity index is 1.65. The summed E-state index contributed by atoms with van der Waals surface area (Å²) in [7, 11) is 0. The summed E-state index contributed by atoms with van der Waals surface area (Å²) in [5, 5.41) is 9.24. The number of H-pyrrole nitrogens is 1. The van der Waals surface area contributed by atoms with Crippen LogP contribution in [-0.2, 0) is 13.0 Å². The van der Waals surface area contributed by atoms with E-state index in [0.717, 1.165) is 37.1 Å². The van der Waals surface area contributed by atoms with Crippen molar-refractivity contribution < 1.29 is 5.11 Å². The molecule has 0 aliphatic carbocycles. The molecular formula is C23H30N2O2. The first-order chi connectivity index (χ1) is 12.8. The number of aromatic amines is 1. The van der Waals surface area contributed by atoms with Gasteiger partial charge in [-0.15, -0.1) is 0 Å². The van der Waals surface area contributed by atoms with Gasteiger partial charge in [-0.05, 0) is 56.4 Å². The summed E-state index contributed by atoms with van der Waals surface area (Å²) in [5.74, 6) is 0. The molecular weight excluding hydrogens is 336 g/mol. The van der Waals surface area contributed by atoms with Crippen LogP contribution in [0.4, 0.5) is 0 Å². The molecule has 1 aliphatic rings. The molecule has 0 unspecified atom stereocenters. The van der Waals surface area contributed by atoms with E-state index < -0.39 is 0 Å². The van der Waals surface area contributed by atoms with Crippen LogP contribution in [0.5, 0.6) is 0 Å². The molecule has 27 heavy (non-hydrogen) atoms. The first-order valence-electron chi connectivity index (χ1n) is 9.70. The van der Waals surface area contributed by atoms with Crippen molar-refractivity contribution in [3.8, 4) is 0 Å². The third-order valence-electron chi connectivity index (χ3n) is 5.32. The molecule has 1 saturated heterocycles. The second-order valence-corrected chi connectivity index (χ2v) is 8.40. The van der Waals surface area contributed by atoms with Crippen LogP contribution in [0.3, 0.4) is 0 Å². The maximum absolute atomic E-state index is 12.0. The highest BCUT2D eigenvalue weighted by Crippen LogP contribution is 2.25. The maximum Gasteiger partial charge on any atom is 0.251 e. The second kappa shape index (κ2) is 8.24. The molecule has 0 atom stereocenters. The molecule has 1 aromatic heterocycles. The van der Waals surface area contributed by atoms with Crippen LogP contribution < -0.4 is 5.56 Å². The van der Waals surface area contributed by atoms with Gasteiger partial charge >= 0.3 is 0 Å². The lowest BCUT2D eigenvalue weighted by molar-refractivity contribution is 0.126. The molecule has 2 aromatic rings. The van der Waals surface area contributed by atoms with Crippen molar-refractivity contribution in [3.63, 3.8) is 0 Å². The summed E-state index contributed by atoms with van der Waals surface area (Å²) in [6.07, 6.45) is 6.69. The van der Waals surface area contributed by atoms with Gasteiger partial charge in [0.15, 0.2) is 0 Å². The van der Waals surface area contributed by atoms with E-state index >= 15 is 0 Å². The number of piperidine rings is 1. The number of likely N-dealkylation sites (tertiary alicyclic amines) is 1. The molecule has 0 radical (unpaired) electrons.